The number of carboxylic acid groups (broad SMARTS) is 1. The quantitative estimate of drug-likeness (QED) is 0.0597. The van der Waals surface area contributed by atoms with Crippen molar-refractivity contribution in [3.05, 3.63) is 162 Å². The van der Waals surface area contributed by atoms with Crippen molar-refractivity contribution in [3.8, 4) is 69.0 Å². The van der Waals surface area contributed by atoms with Crippen molar-refractivity contribution in [2.45, 2.75) is 33.3 Å². The fraction of sp³-hybridized carbons (Fsp3) is 0.240. The van der Waals surface area contributed by atoms with Crippen LogP contribution in [0.2, 0.25) is 30.1 Å². The van der Waals surface area contributed by atoms with Gasteiger partial charge >= 0.3 is 23.7 Å². The molecule has 35 heteroatoms. The molecule has 0 bridgehead atoms. The highest BCUT2D eigenvalue weighted by molar-refractivity contribution is 6.40. The average Bonchev–Trinajstić information content (AvgIpc) is 0.723. The zero-order valence-corrected chi connectivity index (χ0v) is 66.3. The van der Waals surface area contributed by atoms with E-state index >= 15 is 0 Å². The second-order valence-corrected chi connectivity index (χ2v) is 25.2. The summed E-state index contributed by atoms with van der Waals surface area (Å²) in [4.78, 5) is 62.4. The molecule has 28 nitrogen and oxygen atoms in total. The van der Waals surface area contributed by atoms with E-state index in [0.717, 1.165) is 17.1 Å². The van der Waals surface area contributed by atoms with Crippen LogP contribution in [-0.2, 0) is 9.47 Å². The third-order valence-electron chi connectivity index (χ3n) is 15.3. The normalized spacial score (nSPS) is 10.5. The first kappa shape index (κ1) is 85.7. The van der Waals surface area contributed by atoms with E-state index in [1.807, 2.05) is 0 Å². The number of aromatic carboxylic acids is 1. The molecule has 0 radical (unpaired) electrons. The van der Waals surface area contributed by atoms with Crippen LogP contribution >= 0.6 is 69.6 Å². The summed E-state index contributed by atoms with van der Waals surface area (Å²) in [5, 5.41) is 25.6. The van der Waals surface area contributed by atoms with Gasteiger partial charge in [-0.25, -0.2) is 23.8 Å². The van der Waals surface area contributed by atoms with E-state index in [-0.39, 0.29) is 38.5 Å². The second-order valence-electron chi connectivity index (χ2n) is 23.0. The number of ether oxygens (including phenoxy) is 14. The third kappa shape index (κ3) is 20.2. The van der Waals surface area contributed by atoms with Gasteiger partial charge in [-0.2, -0.15) is 0 Å². The molecule has 4 N–H and O–H groups in total. The summed E-state index contributed by atoms with van der Waals surface area (Å²) < 4.78 is 85.5. The molecule has 6 aromatic carbocycles. The maximum atomic E-state index is 13.2. The van der Waals surface area contributed by atoms with Gasteiger partial charge in [-0.15, -0.1) is 0 Å². The van der Waals surface area contributed by atoms with E-state index in [2.05, 4.69) is 40.2 Å². The predicted molar refractivity (Wildman–Crippen MR) is 421 cm³/mol. The van der Waals surface area contributed by atoms with Crippen molar-refractivity contribution < 1.29 is 90.2 Å². The Morgan fingerprint density at radius 2 is 0.718 bits per heavy atom. The molecule has 0 aliphatic heterocycles. The number of nitrogens with zero attached hydrogens (tertiary/aromatic N) is 8. The highest BCUT2D eigenvalue weighted by Crippen LogP contribution is 2.43. The van der Waals surface area contributed by atoms with E-state index in [1.165, 1.54) is 87.9 Å². The SMILES string of the molecule is CCOC(=O)c1cnc2cc(OC)c(OC)cc2c1Cl.COc1cc2ncc(C(=O)O)c(Cl)c2cc1OC.COc1cc2ncc(F)c(Cl)c2cc1OC.COc1cc2ncc(N)c(Cl)c2cc1OC.COc1cc2ncc(NC(=O)OC(C)(C)C)c(Cl)c2cc1OC.COc1cc2ncc([N+]#N)c(Cl)c2cc1OC. The lowest BCUT2D eigenvalue weighted by atomic mass is 10.1. The van der Waals surface area contributed by atoms with Crippen LogP contribution in [-0.4, -0.2) is 151 Å². The van der Waals surface area contributed by atoms with Crippen LogP contribution < -0.4 is 67.9 Å². The summed E-state index contributed by atoms with van der Waals surface area (Å²) in [5.41, 5.74) is 9.99. The monoisotopic (exact) mass is 1630 g/mol. The molecule has 110 heavy (non-hydrogen) atoms. The molecule has 0 saturated carbocycles. The Morgan fingerprint density at radius 1 is 0.427 bits per heavy atom. The average molecular weight is 1630 g/mol. The van der Waals surface area contributed by atoms with Crippen molar-refractivity contribution >= 4 is 170 Å². The molecule has 0 spiro atoms. The van der Waals surface area contributed by atoms with Crippen molar-refractivity contribution in [2.24, 2.45) is 0 Å². The first-order chi connectivity index (χ1) is 52.5. The molecule has 0 aliphatic rings. The lowest BCUT2D eigenvalue weighted by Crippen LogP contribution is -2.27. The van der Waals surface area contributed by atoms with Crippen LogP contribution in [0.5, 0.6) is 69.0 Å². The summed E-state index contributed by atoms with van der Waals surface area (Å²) in [7, 11) is 18.4. The van der Waals surface area contributed by atoms with Crippen LogP contribution in [0.1, 0.15) is 48.4 Å². The number of carbonyl (C=O) groups is 3. The number of rotatable bonds is 16. The zero-order chi connectivity index (χ0) is 81.0. The summed E-state index contributed by atoms with van der Waals surface area (Å²) in [6, 6.07) is 20.3. The fourth-order valence-electron chi connectivity index (χ4n) is 9.97. The molecular formula is C75H72Cl6FN10O18+. The number of carbonyl (C=O) groups excluding carboxylic acids is 2. The molecule has 0 saturated heterocycles. The number of methoxy groups -OCH3 is 12. The number of amides is 1. The summed E-state index contributed by atoms with van der Waals surface area (Å²) in [6.07, 6.45) is 7.48. The van der Waals surface area contributed by atoms with Crippen LogP contribution in [0, 0.1) is 11.2 Å². The van der Waals surface area contributed by atoms with Gasteiger partial charge in [0.05, 0.1) is 191 Å². The fourth-order valence-corrected chi connectivity index (χ4v) is 11.4. The maximum Gasteiger partial charge on any atom is 0.422 e. The van der Waals surface area contributed by atoms with Gasteiger partial charge in [-0.1, -0.05) is 69.6 Å². The number of nitrogens with two attached hydrogens (primary N) is 1. The van der Waals surface area contributed by atoms with Crippen molar-refractivity contribution in [3.63, 3.8) is 0 Å². The molecule has 6 heterocycles. The Kier molecular flexibility index (Phi) is 30.4. The number of hydrogen-bond acceptors (Lipinski definition) is 25. The molecule has 0 unspecified atom stereocenters. The first-order valence-electron chi connectivity index (χ1n) is 31.9. The van der Waals surface area contributed by atoms with Gasteiger partial charge in [-0.3, -0.25) is 30.2 Å². The third-order valence-corrected chi connectivity index (χ3v) is 17.7. The van der Waals surface area contributed by atoms with Crippen LogP contribution in [0.25, 0.3) is 70.4 Å². The minimum Gasteiger partial charge on any atom is -0.493 e. The number of diazo groups is 1. The maximum absolute atomic E-state index is 13.2. The van der Waals surface area contributed by atoms with Crippen LogP contribution in [0.15, 0.2) is 110 Å². The predicted octanol–water partition coefficient (Wildman–Crippen LogP) is 18.9. The number of hydrogen-bond donors (Lipinski definition) is 3. The molecule has 6 aromatic heterocycles. The Balaban J connectivity index is 0.000000184. The number of nitrogens with one attached hydrogen (secondary N) is 1. The van der Waals surface area contributed by atoms with E-state index in [9.17, 15) is 18.8 Å². The molecule has 578 valence electrons. The smallest absolute Gasteiger partial charge is 0.422 e. The van der Waals surface area contributed by atoms with Gasteiger partial charge in [0.1, 0.15) is 16.8 Å². The summed E-state index contributed by atoms with van der Waals surface area (Å²) >= 11 is 36.7. The van der Waals surface area contributed by atoms with Crippen molar-refractivity contribution in [2.75, 3.05) is 103 Å². The Hall–Kier alpha value is -11.5. The van der Waals surface area contributed by atoms with Gasteiger partial charge in [0, 0.05) is 81.1 Å². The number of anilines is 2. The number of halogens is 7. The van der Waals surface area contributed by atoms with Crippen molar-refractivity contribution in [1.82, 2.24) is 29.9 Å². The van der Waals surface area contributed by atoms with Crippen LogP contribution in [0.4, 0.5) is 26.2 Å². The highest BCUT2D eigenvalue weighted by atomic mass is 35.5. The molecule has 0 aliphatic carbocycles. The Bertz CT molecular complexity index is 5350. The minimum absolute atomic E-state index is 0.0333. The number of aromatic nitrogens is 6. The topological polar surface area (TPSA) is 344 Å². The van der Waals surface area contributed by atoms with Gasteiger partial charge in [0.15, 0.2) is 79.8 Å². The second kappa shape index (κ2) is 39.0. The van der Waals surface area contributed by atoms with E-state index in [4.69, 9.17) is 152 Å². The van der Waals surface area contributed by atoms with E-state index in [1.54, 1.807) is 129 Å². The molecule has 1 amide bonds. The summed E-state index contributed by atoms with van der Waals surface area (Å²) in [5.74, 6) is 4.30. The Morgan fingerprint density at radius 3 is 1.06 bits per heavy atom. The van der Waals surface area contributed by atoms with Gasteiger partial charge in [0.2, 0.25) is 5.39 Å². The minimum atomic E-state index is -1.12. The number of pyridine rings is 6. The van der Waals surface area contributed by atoms with E-state index in [0.29, 0.717) is 150 Å². The first-order valence-corrected chi connectivity index (χ1v) is 34.1. The largest absolute Gasteiger partial charge is 0.493 e. The molecule has 12 rings (SSSR count). The molecule has 0 fully saturated rings. The van der Waals surface area contributed by atoms with Crippen molar-refractivity contribution in [1.29, 1.82) is 5.39 Å². The lowest BCUT2D eigenvalue weighted by Gasteiger charge is -2.20. The highest BCUT2D eigenvalue weighted by Gasteiger charge is 2.23. The number of carboxylic acids is 1. The molecule has 12 aromatic rings. The Labute approximate surface area is 659 Å². The van der Waals surface area contributed by atoms with Gasteiger partial charge in [-0.05, 0) is 64.1 Å². The number of esters is 1. The number of benzene rings is 6. The molecule has 0 atom stereocenters. The van der Waals surface area contributed by atoms with E-state index < -0.39 is 29.5 Å². The number of fused-ring (bicyclic) bond motifs is 6. The standard InChI is InChI=1S/C16H19ClN2O4.C14H14ClNO4.C12H10ClNO4.C11H9ClFNO2.C11H9ClN3O2.C11H11ClN2O2/c1-16(2,3)23-15(20)19-11-8-18-10-7-13(22-5)12(21-4)6-9(10)14(11)17;1-4-20-14(17)9-7-16-10-6-12(19-3)11(18-2)5-8(10)13(9)15;1-17-9-3-6-8(4-10(9)18-2)14-5-7(11(6)13)12(15)16;1-15-9-3-6-8(4-10(9)16-2)14-5-7(13)11(6)12;1-16-9-3-6-7(4-10(9)17-2)14-5-8(15-13)11(6)12;1-15-9-3-6-8(4-10(9)16-2)14-5-7(13)11(6)12/h6-8H,1-5H3,(H,19,20);5-7H,4H2,1-3H3;3-5H,1-2H3,(H,15,16);3-5H,1-2H3;3-5H,1-2H3;3-5H,13H2,1-2H3/q;;;;+1;. The van der Waals surface area contributed by atoms with Gasteiger partial charge in [0.25, 0.3) is 0 Å². The zero-order valence-electron chi connectivity index (χ0n) is 61.8. The number of nitrogen functional groups attached to an aromatic ring is 1. The molecular weight excluding hydrogens is 1560 g/mol. The lowest BCUT2D eigenvalue weighted by molar-refractivity contribution is 0.0524. The van der Waals surface area contributed by atoms with Gasteiger partial charge < -0.3 is 77.2 Å². The van der Waals surface area contributed by atoms with Crippen LogP contribution in [0.3, 0.4) is 0 Å². The summed E-state index contributed by atoms with van der Waals surface area (Å²) in [6.45, 7) is 7.35.